The van der Waals surface area contributed by atoms with Crippen LogP contribution in [0.25, 0.3) is 0 Å². The normalized spacial score (nSPS) is 14.1. The minimum atomic E-state index is -0.847. The third-order valence-electron chi connectivity index (χ3n) is 2.41. The van der Waals surface area contributed by atoms with Gasteiger partial charge in [-0.1, -0.05) is 6.92 Å². The second kappa shape index (κ2) is 6.86. The maximum Gasteiger partial charge on any atom is 0.254 e. The highest BCUT2D eigenvalue weighted by Gasteiger charge is 2.11. The van der Waals surface area contributed by atoms with Gasteiger partial charge in [0.15, 0.2) is 0 Å². The van der Waals surface area contributed by atoms with Crippen molar-refractivity contribution in [3.8, 4) is 0 Å². The first kappa shape index (κ1) is 14.3. The summed E-state index contributed by atoms with van der Waals surface area (Å²) in [6.45, 7) is 2.42. The number of nitrogens with zero attached hydrogens (tertiary/aromatic N) is 1. The highest BCUT2D eigenvalue weighted by molar-refractivity contribution is 9.10. The minimum Gasteiger partial charge on any atom is -0.352 e. The summed E-state index contributed by atoms with van der Waals surface area (Å²) in [4.78, 5) is 15.7. The largest absolute Gasteiger partial charge is 0.352 e. The Hall–Kier alpha value is -0.750. The van der Waals surface area contributed by atoms with E-state index in [2.05, 4.69) is 26.2 Å². The van der Waals surface area contributed by atoms with Crippen molar-refractivity contribution in [2.45, 2.75) is 18.6 Å². The summed E-state index contributed by atoms with van der Waals surface area (Å²) in [5.41, 5.74) is 0.512. The Balaban J connectivity index is 2.46. The highest BCUT2D eigenvalue weighted by atomic mass is 79.9. The van der Waals surface area contributed by atoms with Gasteiger partial charge in [-0.3, -0.25) is 9.00 Å². The molecule has 6 heteroatoms. The number of pyridine rings is 1. The third-order valence-corrected chi connectivity index (χ3v) is 4.41. The first-order chi connectivity index (χ1) is 8.02. The maximum atomic E-state index is 11.8. The molecule has 2 atom stereocenters. The van der Waals surface area contributed by atoms with Crippen LogP contribution in [0.1, 0.15) is 23.7 Å². The van der Waals surface area contributed by atoms with Gasteiger partial charge in [-0.2, -0.15) is 0 Å². The number of amides is 1. The molecule has 0 aliphatic rings. The van der Waals surface area contributed by atoms with Crippen molar-refractivity contribution in [2.24, 2.45) is 0 Å². The highest BCUT2D eigenvalue weighted by Crippen LogP contribution is 2.12. The summed E-state index contributed by atoms with van der Waals surface area (Å²) in [7, 11) is -0.847. The standard InChI is InChI=1S/C11H15BrN2O2S/c1-8(17(2)16)5-7-14-11(15)9-4-3-6-13-10(9)12/h3-4,6,8H,5,7H2,1-2H3,(H,14,15). The first-order valence-electron chi connectivity index (χ1n) is 5.23. The predicted molar refractivity (Wildman–Crippen MR) is 72.4 cm³/mol. The average Bonchev–Trinajstić information content (AvgIpc) is 2.29. The number of hydrogen-bond donors (Lipinski definition) is 1. The molecule has 1 aromatic heterocycles. The quantitative estimate of drug-likeness (QED) is 0.841. The van der Waals surface area contributed by atoms with Crippen molar-refractivity contribution in [2.75, 3.05) is 12.8 Å². The van der Waals surface area contributed by atoms with Gasteiger partial charge in [-0.15, -0.1) is 0 Å². The van der Waals surface area contributed by atoms with E-state index in [1.165, 1.54) is 0 Å². The van der Waals surface area contributed by atoms with Crippen molar-refractivity contribution >= 4 is 32.6 Å². The van der Waals surface area contributed by atoms with Gasteiger partial charge in [0, 0.05) is 35.0 Å². The fraction of sp³-hybridized carbons (Fsp3) is 0.455. The summed E-state index contributed by atoms with van der Waals surface area (Å²) >= 11 is 3.22. The number of carbonyl (C=O) groups excluding carboxylic acids is 1. The molecule has 0 radical (unpaired) electrons. The van der Waals surface area contributed by atoms with Crippen LogP contribution < -0.4 is 5.32 Å². The van der Waals surface area contributed by atoms with Crippen LogP contribution in [0.2, 0.25) is 0 Å². The summed E-state index contributed by atoms with van der Waals surface area (Å²) in [5, 5.41) is 2.87. The second-order valence-electron chi connectivity index (χ2n) is 3.70. The van der Waals surface area contributed by atoms with Gasteiger partial charge < -0.3 is 5.32 Å². The molecule has 1 amide bonds. The van der Waals surface area contributed by atoms with Crippen LogP contribution in [0.5, 0.6) is 0 Å². The Morgan fingerprint density at radius 3 is 2.94 bits per heavy atom. The Morgan fingerprint density at radius 1 is 1.65 bits per heavy atom. The van der Waals surface area contributed by atoms with Gasteiger partial charge in [0.2, 0.25) is 0 Å². The molecule has 0 saturated heterocycles. The molecular weight excluding hydrogens is 304 g/mol. The maximum absolute atomic E-state index is 11.8. The van der Waals surface area contributed by atoms with Gasteiger partial charge in [-0.05, 0) is 34.5 Å². The van der Waals surface area contributed by atoms with Crippen LogP contribution in [-0.2, 0) is 10.8 Å². The van der Waals surface area contributed by atoms with Crippen LogP contribution in [-0.4, -0.2) is 33.2 Å². The van der Waals surface area contributed by atoms with Crippen molar-refractivity contribution in [1.82, 2.24) is 10.3 Å². The molecule has 1 heterocycles. The first-order valence-corrected chi connectivity index (χ1v) is 7.64. The molecule has 94 valence electrons. The van der Waals surface area contributed by atoms with Crippen molar-refractivity contribution in [1.29, 1.82) is 0 Å². The zero-order valence-electron chi connectivity index (χ0n) is 9.77. The molecule has 4 nitrogen and oxygen atoms in total. The van der Waals surface area contributed by atoms with Gasteiger partial charge >= 0.3 is 0 Å². The van der Waals surface area contributed by atoms with Crippen LogP contribution in [0.3, 0.4) is 0 Å². The molecule has 1 N–H and O–H groups in total. The fourth-order valence-electron chi connectivity index (χ4n) is 1.21. The van der Waals surface area contributed by atoms with Crippen molar-refractivity contribution in [3.05, 3.63) is 28.5 Å². The molecule has 0 spiro atoms. The molecule has 0 fully saturated rings. The van der Waals surface area contributed by atoms with E-state index in [1.807, 2.05) is 6.92 Å². The summed E-state index contributed by atoms with van der Waals surface area (Å²) < 4.78 is 11.7. The Kier molecular flexibility index (Phi) is 5.77. The van der Waals surface area contributed by atoms with E-state index in [0.29, 0.717) is 23.1 Å². The number of halogens is 1. The van der Waals surface area contributed by atoms with Crippen molar-refractivity contribution in [3.63, 3.8) is 0 Å². The van der Waals surface area contributed by atoms with E-state index >= 15 is 0 Å². The molecule has 0 bridgehead atoms. The number of rotatable bonds is 5. The monoisotopic (exact) mass is 318 g/mol. The lowest BCUT2D eigenvalue weighted by Crippen LogP contribution is -2.27. The van der Waals surface area contributed by atoms with E-state index in [9.17, 15) is 9.00 Å². The Morgan fingerprint density at radius 2 is 2.35 bits per heavy atom. The van der Waals surface area contributed by atoms with Crippen LogP contribution in [0.15, 0.2) is 22.9 Å². The van der Waals surface area contributed by atoms with E-state index in [-0.39, 0.29) is 11.2 Å². The number of nitrogens with one attached hydrogen (secondary N) is 1. The van der Waals surface area contributed by atoms with Gasteiger partial charge in [0.1, 0.15) is 4.60 Å². The van der Waals surface area contributed by atoms with E-state index in [0.717, 1.165) is 0 Å². The number of hydrogen-bond acceptors (Lipinski definition) is 3. The minimum absolute atomic E-state index is 0.0904. The predicted octanol–water partition coefficient (Wildman–Crippen LogP) is 1.73. The smallest absolute Gasteiger partial charge is 0.254 e. The van der Waals surface area contributed by atoms with Gasteiger partial charge in [0.25, 0.3) is 5.91 Å². The molecule has 0 aliphatic heterocycles. The SMILES string of the molecule is CC(CCNC(=O)c1cccnc1Br)S(C)=O. The van der Waals surface area contributed by atoms with Crippen molar-refractivity contribution < 1.29 is 9.00 Å². The lowest BCUT2D eigenvalue weighted by atomic mass is 10.2. The van der Waals surface area contributed by atoms with E-state index < -0.39 is 10.8 Å². The zero-order valence-corrected chi connectivity index (χ0v) is 12.2. The molecule has 2 unspecified atom stereocenters. The lowest BCUT2D eigenvalue weighted by Gasteiger charge is -2.09. The second-order valence-corrected chi connectivity index (χ2v) is 6.25. The molecule has 1 aromatic rings. The Labute approximate surface area is 112 Å². The van der Waals surface area contributed by atoms with Gasteiger partial charge in [-0.25, -0.2) is 4.98 Å². The zero-order chi connectivity index (χ0) is 12.8. The molecular formula is C11H15BrN2O2S. The van der Waals surface area contributed by atoms with E-state index in [4.69, 9.17) is 0 Å². The van der Waals surface area contributed by atoms with E-state index in [1.54, 1.807) is 24.6 Å². The Bertz CT molecular complexity index is 426. The third kappa shape index (κ3) is 4.55. The average molecular weight is 319 g/mol. The molecule has 0 saturated carbocycles. The summed E-state index contributed by atoms with van der Waals surface area (Å²) in [6, 6.07) is 3.41. The van der Waals surface area contributed by atoms with Gasteiger partial charge in [0.05, 0.1) is 5.56 Å². The molecule has 0 aliphatic carbocycles. The van der Waals surface area contributed by atoms with Crippen LogP contribution in [0.4, 0.5) is 0 Å². The molecule has 17 heavy (non-hydrogen) atoms. The topological polar surface area (TPSA) is 59.1 Å². The summed E-state index contributed by atoms with van der Waals surface area (Å²) in [6.07, 6.45) is 3.99. The van der Waals surface area contributed by atoms with Crippen LogP contribution in [0, 0.1) is 0 Å². The van der Waals surface area contributed by atoms with Crippen LogP contribution >= 0.6 is 15.9 Å². The summed E-state index contributed by atoms with van der Waals surface area (Å²) in [5.74, 6) is -0.168. The number of carbonyl (C=O) groups is 1. The molecule has 0 aromatic carbocycles. The fourth-order valence-corrected chi connectivity index (χ4v) is 2.09. The lowest BCUT2D eigenvalue weighted by molar-refractivity contribution is 0.0952. The number of aromatic nitrogens is 1. The molecule has 1 rings (SSSR count).